The molecule has 2 aromatic carbocycles. The minimum atomic E-state index is -4.55. The van der Waals surface area contributed by atoms with E-state index in [1.807, 2.05) is 0 Å². The number of ether oxygens (including phenoxy) is 2. The van der Waals surface area contributed by atoms with E-state index in [-0.39, 0.29) is 36.9 Å². The lowest BCUT2D eigenvalue weighted by Gasteiger charge is -2.46. The van der Waals surface area contributed by atoms with Crippen molar-refractivity contribution in [3.8, 4) is 11.5 Å². The number of hydrogen-bond acceptors (Lipinski definition) is 6. The van der Waals surface area contributed by atoms with E-state index in [1.165, 1.54) is 6.07 Å². The Labute approximate surface area is 223 Å². The highest BCUT2D eigenvalue weighted by atomic mass is 19.4. The van der Waals surface area contributed by atoms with Crippen LogP contribution < -0.4 is 25.4 Å². The monoisotopic (exact) mass is 546 g/mol. The molecular weight excluding hydrogens is 517 g/mol. The number of alkyl halides is 3. The zero-order valence-corrected chi connectivity index (χ0v) is 21.1. The number of halogens is 3. The number of hydrogen-bond donors (Lipinski definition) is 3. The first kappa shape index (κ1) is 26.8. The van der Waals surface area contributed by atoms with Crippen LogP contribution in [0.3, 0.4) is 0 Å². The van der Waals surface area contributed by atoms with E-state index in [9.17, 15) is 27.6 Å². The number of carbonyl (C=O) groups excluding carboxylic acids is 3. The van der Waals surface area contributed by atoms with Crippen molar-refractivity contribution in [3.05, 3.63) is 59.2 Å². The van der Waals surface area contributed by atoms with Crippen LogP contribution in [0, 0.1) is 0 Å². The highest BCUT2D eigenvalue weighted by Gasteiger charge is 2.36. The van der Waals surface area contributed by atoms with Crippen LogP contribution in [0.25, 0.3) is 0 Å². The Morgan fingerprint density at radius 1 is 0.846 bits per heavy atom. The van der Waals surface area contributed by atoms with E-state index in [0.29, 0.717) is 36.2 Å². The molecule has 0 atom stereocenters. The molecule has 3 amide bonds. The third-order valence-corrected chi connectivity index (χ3v) is 7.32. The number of amides is 3. The molecule has 39 heavy (non-hydrogen) atoms. The first-order chi connectivity index (χ1) is 18.7. The van der Waals surface area contributed by atoms with Gasteiger partial charge in [-0.05, 0) is 62.1 Å². The number of nitrogens with one attached hydrogen (secondary N) is 3. The van der Waals surface area contributed by atoms with Crippen molar-refractivity contribution < 1.29 is 37.0 Å². The maximum atomic E-state index is 12.8. The molecule has 2 fully saturated rings. The second-order valence-electron chi connectivity index (χ2n) is 10.0. The Kier molecular flexibility index (Phi) is 7.65. The first-order valence-corrected chi connectivity index (χ1v) is 12.8. The normalized spacial score (nSPS) is 21.1. The molecule has 2 aromatic rings. The van der Waals surface area contributed by atoms with Crippen LogP contribution in [0.5, 0.6) is 11.5 Å². The maximum absolute atomic E-state index is 12.8. The summed E-state index contributed by atoms with van der Waals surface area (Å²) in [5.74, 6) is -0.0627. The van der Waals surface area contributed by atoms with Crippen LogP contribution in [-0.4, -0.2) is 67.2 Å². The van der Waals surface area contributed by atoms with Crippen molar-refractivity contribution in [1.29, 1.82) is 0 Å². The van der Waals surface area contributed by atoms with Crippen LogP contribution in [0.2, 0.25) is 0 Å². The van der Waals surface area contributed by atoms with Gasteiger partial charge in [-0.1, -0.05) is 6.07 Å². The smallest absolute Gasteiger partial charge is 0.416 e. The largest absolute Gasteiger partial charge is 0.454 e. The van der Waals surface area contributed by atoms with Crippen molar-refractivity contribution in [3.63, 3.8) is 0 Å². The highest BCUT2D eigenvalue weighted by molar-refractivity contribution is 5.96. The summed E-state index contributed by atoms with van der Waals surface area (Å²) in [5, 5.41) is 8.32. The number of benzene rings is 2. The number of carbonyl (C=O) groups is 3. The quantitative estimate of drug-likeness (QED) is 0.493. The van der Waals surface area contributed by atoms with Crippen molar-refractivity contribution in [2.75, 3.05) is 26.4 Å². The fourth-order valence-electron chi connectivity index (χ4n) is 5.17. The van der Waals surface area contributed by atoms with Gasteiger partial charge in [0, 0.05) is 36.3 Å². The Bertz CT molecular complexity index is 1240. The zero-order chi connectivity index (χ0) is 27.6. The molecular formula is C27H29F3N4O5. The van der Waals surface area contributed by atoms with Crippen LogP contribution in [0.4, 0.5) is 13.2 Å². The van der Waals surface area contributed by atoms with Gasteiger partial charge in [0.05, 0.1) is 18.2 Å². The fourth-order valence-corrected chi connectivity index (χ4v) is 5.17. The van der Waals surface area contributed by atoms with Gasteiger partial charge in [-0.15, -0.1) is 0 Å². The van der Waals surface area contributed by atoms with Crippen molar-refractivity contribution in [1.82, 2.24) is 20.9 Å². The maximum Gasteiger partial charge on any atom is 0.416 e. The molecule has 1 saturated heterocycles. The van der Waals surface area contributed by atoms with E-state index in [1.54, 1.807) is 18.2 Å². The number of likely N-dealkylation sites (tertiary alicyclic amines) is 1. The molecule has 9 nitrogen and oxygen atoms in total. The molecule has 1 saturated carbocycles. The Morgan fingerprint density at radius 3 is 2.31 bits per heavy atom. The summed E-state index contributed by atoms with van der Waals surface area (Å²) in [6.07, 6.45) is -0.975. The number of nitrogens with zero attached hydrogens (tertiary/aromatic N) is 1. The predicted octanol–water partition coefficient (Wildman–Crippen LogP) is 2.71. The average Bonchev–Trinajstić information content (AvgIpc) is 3.37. The summed E-state index contributed by atoms with van der Waals surface area (Å²) < 4.78 is 49.2. The topological polar surface area (TPSA) is 109 Å². The predicted molar refractivity (Wildman–Crippen MR) is 133 cm³/mol. The molecule has 0 unspecified atom stereocenters. The standard InChI is InChI=1S/C27H29F3N4O5/c28-27(29,30)18-3-1-2-16(10-18)25(36)31-12-24(35)32-20-13-34(14-20)21-7-5-19(6-8-21)33-26(37)17-4-9-22-23(11-17)39-15-38-22/h1-4,9-11,19-21H,5-8,12-15H2,(H,31,36)(H,32,35)(H,33,37). The van der Waals surface area contributed by atoms with Crippen molar-refractivity contribution >= 4 is 17.7 Å². The molecule has 2 aliphatic heterocycles. The second kappa shape index (κ2) is 11.1. The summed E-state index contributed by atoms with van der Waals surface area (Å²) in [5.41, 5.74) is -0.542. The first-order valence-electron chi connectivity index (χ1n) is 12.8. The molecule has 0 bridgehead atoms. The molecule has 0 radical (unpaired) electrons. The van der Waals surface area contributed by atoms with E-state index >= 15 is 0 Å². The molecule has 12 heteroatoms. The molecule has 0 aromatic heterocycles. The summed E-state index contributed by atoms with van der Waals surface area (Å²) in [7, 11) is 0. The highest BCUT2D eigenvalue weighted by Crippen LogP contribution is 2.33. The minimum Gasteiger partial charge on any atom is -0.454 e. The summed E-state index contributed by atoms with van der Waals surface area (Å²) in [6, 6.07) is 9.63. The number of rotatable bonds is 7. The zero-order valence-electron chi connectivity index (χ0n) is 21.1. The molecule has 1 aliphatic carbocycles. The van der Waals surface area contributed by atoms with Crippen LogP contribution >= 0.6 is 0 Å². The van der Waals surface area contributed by atoms with Crippen molar-refractivity contribution in [2.45, 2.75) is 50.0 Å². The van der Waals surface area contributed by atoms with Gasteiger partial charge in [0.25, 0.3) is 11.8 Å². The van der Waals surface area contributed by atoms with Crippen molar-refractivity contribution in [2.24, 2.45) is 0 Å². The number of fused-ring (bicyclic) bond motifs is 1. The van der Waals surface area contributed by atoms with Gasteiger partial charge < -0.3 is 25.4 Å². The van der Waals surface area contributed by atoms with E-state index in [2.05, 4.69) is 20.9 Å². The lowest BCUT2D eigenvalue weighted by molar-refractivity contribution is -0.137. The Hall–Kier alpha value is -3.80. The van der Waals surface area contributed by atoms with E-state index in [4.69, 9.17) is 9.47 Å². The van der Waals surface area contributed by atoms with Crippen LogP contribution in [-0.2, 0) is 11.0 Å². The molecule has 3 N–H and O–H groups in total. The van der Waals surface area contributed by atoms with Crippen LogP contribution in [0.15, 0.2) is 42.5 Å². The van der Waals surface area contributed by atoms with Gasteiger partial charge in [-0.25, -0.2) is 0 Å². The summed E-state index contributed by atoms with van der Waals surface area (Å²) in [6.45, 7) is 1.21. The lowest BCUT2D eigenvalue weighted by Crippen LogP contribution is -2.63. The molecule has 5 rings (SSSR count). The van der Waals surface area contributed by atoms with Gasteiger partial charge in [0.1, 0.15) is 0 Å². The van der Waals surface area contributed by atoms with Crippen LogP contribution in [0.1, 0.15) is 52.0 Å². The van der Waals surface area contributed by atoms with Gasteiger partial charge in [0.2, 0.25) is 12.7 Å². The van der Waals surface area contributed by atoms with E-state index < -0.39 is 23.6 Å². The minimum absolute atomic E-state index is 0.0496. The third-order valence-electron chi connectivity index (χ3n) is 7.32. The lowest BCUT2D eigenvalue weighted by atomic mass is 9.88. The average molecular weight is 547 g/mol. The third kappa shape index (κ3) is 6.44. The van der Waals surface area contributed by atoms with Gasteiger partial charge in [0.15, 0.2) is 11.5 Å². The molecule has 3 aliphatic rings. The summed E-state index contributed by atoms with van der Waals surface area (Å²) in [4.78, 5) is 39.3. The Balaban J connectivity index is 0.988. The molecule has 2 heterocycles. The Morgan fingerprint density at radius 2 is 1.56 bits per heavy atom. The SMILES string of the molecule is O=C(CNC(=O)c1cccc(C(F)(F)F)c1)NC1CN(C2CCC(NC(=O)c3ccc4c(c3)OCO4)CC2)C1. The van der Waals surface area contributed by atoms with Gasteiger partial charge >= 0.3 is 6.18 Å². The molecule has 208 valence electrons. The van der Waals surface area contributed by atoms with E-state index in [0.717, 1.165) is 43.9 Å². The fraction of sp³-hybridized carbons (Fsp3) is 0.444. The van der Waals surface area contributed by atoms with Gasteiger partial charge in [-0.2, -0.15) is 13.2 Å². The van der Waals surface area contributed by atoms with Gasteiger partial charge in [-0.3, -0.25) is 19.3 Å². The second-order valence-corrected chi connectivity index (χ2v) is 10.0. The summed E-state index contributed by atoms with van der Waals surface area (Å²) >= 11 is 0. The molecule has 0 spiro atoms.